The summed E-state index contributed by atoms with van der Waals surface area (Å²) >= 11 is 0. The predicted octanol–water partition coefficient (Wildman–Crippen LogP) is 6.90. The first-order chi connectivity index (χ1) is 21.2. The van der Waals surface area contributed by atoms with Gasteiger partial charge in [-0.1, -0.05) is 43.5 Å². The molecule has 1 aliphatic carbocycles. The van der Waals surface area contributed by atoms with Gasteiger partial charge in [-0.05, 0) is 56.4 Å². The van der Waals surface area contributed by atoms with Crippen molar-refractivity contribution in [3.05, 3.63) is 71.6 Å². The summed E-state index contributed by atoms with van der Waals surface area (Å²) in [5.74, 6) is -0.342. The summed E-state index contributed by atoms with van der Waals surface area (Å²) < 4.78 is 39.0. The minimum absolute atomic E-state index is 0.155. The number of hydrogen-bond acceptors (Lipinski definition) is 6. The molecule has 9 nitrogen and oxygen atoms in total. The second kappa shape index (κ2) is 13.7. The summed E-state index contributed by atoms with van der Waals surface area (Å²) in [5, 5.41) is 13.7. The highest BCUT2D eigenvalue weighted by Gasteiger charge is 2.31. The molecule has 4 aromatic rings. The number of anilines is 2. The summed E-state index contributed by atoms with van der Waals surface area (Å²) in [6.07, 6.45) is 11.0. The average Bonchev–Trinajstić information content (AvgIpc) is 3.68. The van der Waals surface area contributed by atoms with E-state index in [1.165, 1.54) is 12.8 Å². The third kappa shape index (κ3) is 7.61. The van der Waals surface area contributed by atoms with Crippen molar-refractivity contribution in [2.45, 2.75) is 70.0 Å². The fraction of sp³-hybridized carbons (Fsp3) is 0.344. The van der Waals surface area contributed by atoms with Crippen LogP contribution in [0.1, 0.15) is 79.3 Å². The number of carbonyl (C=O) groups excluding carboxylic acids is 2. The third-order valence-corrected chi connectivity index (χ3v) is 7.70. The summed E-state index contributed by atoms with van der Waals surface area (Å²) in [6.45, 7) is 0. The number of allylic oxidation sites excluding steroid dienone is 1. The number of halogens is 3. The number of nitrogens with zero attached hydrogens (tertiary/aromatic N) is 3. The van der Waals surface area contributed by atoms with Gasteiger partial charge in [0.2, 0.25) is 5.91 Å². The van der Waals surface area contributed by atoms with Gasteiger partial charge >= 0.3 is 6.18 Å². The predicted molar refractivity (Wildman–Crippen MR) is 163 cm³/mol. The lowest BCUT2D eigenvalue weighted by Gasteiger charge is -2.11. The van der Waals surface area contributed by atoms with Gasteiger partial charge in [0, 0.05) is 41.5 Å². The minimum atomic E-state index is -4.54. The van der Waals surface area contributed by atoms with E-state index in [0.717, 1.165) is 62.4 Å². The van der Waals surface area contributed by atoms with Gasteiger partial charge in [-0.25, -0.2) is 9.97 Å². The Hall–Kier alpha value is -4.74. The SMILES string of the molecule is Nc1ncc(/C=C/CCCCCC(=O)NC2CCCC2)c2n[nH]c(-c3ccc(C(=O)Nc4cc(C(F)(F)F)ccn4)cc3)c12. The van der Waals surface area contributed by atoms with E-state index in [2.05, 4.69) is 36.9 Å². The van der Waals surface area contributed by atoms with E-state index >= 15 is 0 Å². The van der Waals surface area contributed by atoms with Crippen LogP contribution in [0.2, 0.25) is 0 Å². The average molecular weight is 606 g/mol. The molecule has 1 aromatic carbocycles. The third-order valence-electron chi connectivity index (χ3n) is 7.70. The van der Waals surface area contributed by atoms with Gasteiger partial charge in [0.15, 0.2) is 0 Å². The Kier molecular flexibility index (Phi) is 9.56. The Morgan fingerprint density at radius 1 is 1.05 bits per heavy atom. The molecule has 44 heavy (non-hydrogen) atoms. The van der Waals surface area contributed by atoms with Crippen molar-refractivity contribution in [3.8, 4) is 11.3 Å². The molecule has 1 fully saturated rings. The number of fused-ring (bicyclic) bond motifs is 1. The molecule has 0 saturated heterocycles. The lowest BCUT2D eigenvalue weighted by Crippen LogP contribution is -2.32. The van der Waals surface area contributed by atoms with Gasteiger partial charge < -0.3 is 16.4 Å². The van der Waals surface area contributed by atoms with Crippen LogP contribution in [0.25, 0.3) is 28.2 Å². The highest BCUT2D eigenvalue weighted by molar-refractivity contribution is 6.05. The Balaban J connectivity index is 1.18. The quantitative estimate of drug-likeness (QED) is 0.137. The number of carbonyl (C=O) groups is 2. The zero-order valence-corrected chi connectivity index (χ0v) is 24.1. The minimum Gasteiger partial charge on any atom is -0.383 e. The number of nitrogen functional groups attached to an aromatic ring is 1. The first kappa shape index (κ1) is 30.7. The molecule has 0 spiro atoms. The molecule has 1 saturated carbocycles. The van der Waals surface area contributed by atoms with Crippen LogP contribution in [0.4, 0.5) is 24.8 Å². The lowest BCUT2D eigenvalue weighted by atomic mass is 10.0. The maximum Gasteiger partial charge on any atom is 0.416 e. The maximum absolute atomic E-state index is 13.0. The van der Waals surface area contributed by atoms with Crippen molar-refractivity contribution in [3.63, 3.8) is 0 Å². The van der Waals surface area contributed by atoms with Crippen LogP contribution in [0, 0.1) is 0 Å². The molecule has 2 amide bonds. The van der Waals surface area contributed by atoms with Crippen LogP contribution in [0.5, 0.6) is 0 Å². The van der Waals surface area contributed by atoms with E-state index in [1.54, 1.807) is 30.5 Å². The lowest BCUT2D eigenvalue weighted by molar-refractivity contribution is -0.137. The van der Waals surface area contributed by atoms with Crippen LogP contribution in [0.3, 0.4) is 0 Å². The largest absolute Gasteiger partial charge is 0.416 e. The van der Waals surface area contributed by atoms with Crippen LogP contribution in [-0.4, -0.2) is 38.0 Å². The van der Waals surface area contributed by atoms with Crippen LogP contribution in [0.15, 0.2) is 54.9 Å². The number of amides is 2. The number of hydrogen-bond donors (Lipinski definition) is 4. The van der Waals surface area contributed by atoms with E-state index in [1.807, 2.05) is 6.08 Å². The zero-order chi connectivity index (χ0) is 31.1. The molecule has 12 heteroatoms. The van der Waals surface area contributed by atoms with E-state index in [0.29, 0.717) is 40.4 Å². The van der Waals surface area contributed by atoms with Crippen molar-refractivity contribution in [1.29, 1.82) is 0 Å². The molecule has 0 atom stereocenters. The Morgan fingerprint density at radius 2 is 1.82 bits per heavy atom. The number of aromatic nitrogens is 4. The zero-order valence-electron chi connectivity index (χ0n) is 24.1. The van der Waals surface area contributed by atoms with Gasteiger partial charge in [-0.2, -0.15) is 18.3 Å². The molecule has 0 aliphatic heterocycles. The highest BCUT2D eigenvalue weighted by atomic mass is 19.4. The number of H-pyrrole nitrogens is 1. The first-order valence-corrected chi connectivity index (χ1v) is 14.7. The van der Waals surface area contributed by atoms with Crippen LogP contribution in [-0.2, 0) is 11.0 Å². The van der Waals surface area contributed by atoms with Crippen molar-refractivity contribution >= 4 is 40.4 Å². The number of benzene rings is 1. The van der Waals surface area contributed by atoms with Crippen molar-refractivity contribution < 1.29 is 22.8 Å². The molecule has 0 unspecified atom stereocenters. The molecule has 5 N–H and O–H groups in total. The second-order valence-electron chi connectivity index (χ2n) is 10.9. The van der Waals surface area contributed by atoms with Gasteiger partial charge in [-0.15, -0.1) is 0 Å². The summed E-state index contributed by atoms with van der Waals surface area (Å²) in [5.41, 5.74) is 8.34. The van der Waals surface area contributed by atoms with Crippen LogP contribution >= 0.6 is 0 Å². The molecule has 0 radical (unpaired) electrons. The summed E-state index contributed by atoms with van der Waals surface area (Å²) in [6, 6.07) is 8.47. The molecule has 230 valence electrons. The smallest absolute Gasteiger partial charge is 0.383 e. The number of aromatic amines is 1. The Bertz CT molecular complexity index is 1640. The number of unbranched alkanes of at least 4 members (excludes halogenated alkanes) is 3. The van der Waals surface area contributed by atoms with Gasteiger partial charge in [0.25, 0.3) is 5.91 Å². The fourth-order valence-electron chi connectivity index (χ4n) is 5.35. The van der Waals surface area contributed by atoms with Gasteiger partial charge in [-0.3, -0.25) is 14.7 Å². The molecule has 1 aliphatic rings. The normalized spacial score (nSPS) is 14.0. The molecule has 5 rings (SSSR count). The van der Waals surface area contributed by atoms with E-state index < -0.39 is 17.6 Å². The molecule has 3 heterocycles. The Labute approximate surface area is 252 Å². The van der Waals surface area contributed by atoms with E-state index in [4.69, 9.17) is 5.73 Å². The molecular formula is C32H34F3N7O2. The highest BCUT2D eigenvalue weighted by Crippen LogP contribution is 2.33. The van der Waals surface area contributed by atoms with Crippen molar-refractivity contribution in [1.82, 2.24) is 25.5 Å². The molecular weight excluding hydrogens is 571 g/mol. The number of alkyl halides is 3. The van der Waals surface area contributed by atoms with E-state index in [9.17, 15) is 22.8 Å². The standard InChI is InChI=1S/C32H34F3N7O2/c33-32(34,35)23-16-17-37-25(18-23)40-31(44)21-14-12-20(13-15-21)28-27-29(42-41-28)22(19-38-30(27)36)8-4-2-1-3-5-11-26(43)39-24-9-6-7-10-24/h4,8,12-19,24H,1-3,5-7,9-11H2,(H2,36,38)(H,39,43)(H,41,42)(H,37,40,44)/b8-4+. The van der Waals surface area contributed by atoms with Crippen molar-refractivity contribution in [2.24, 2.45) is 0 Å². The Morgan fingerprint density at radius 3 is 2.57 bits per heavy atom. The molecule has 0 bridgehead atoms. The van der Waals surface area contributed by atoms with Crippen molar-refractivity contribution in [2.75, 3.05) is 11.1 Å². The molecule has 3 aromatic heterocycles. The summed E-state index contributed by atoms with van der Waals surface area (Å²) in [4.78, 5) is 32.9. The number of nitrogens with two attached hydrogens (primary N) is 1. The van der Waals surface area contributed by atoms with Gasteiger partial charge in [0.05, 0.1) is 16.6 Å². The van der Waals surface area contributed by atoms with Crippen LogP contribution < -0.4 is 16.4 Å². The van der Waals surface area contributed by atoms with Gasteiger partial charge in [0.1, 0.15) is 17.2 Å². The fourth-order valence-corrected chi connectivity index (χ4v) is 5.35. The number of rotatable bonds is 11. The maximum atomic E-state index is 13.0. The topological polar surface area (TPSA) is 139 Å². The monoisotopic (exact) mass is 605 g/mol. The number of nitrogens with one attached hydrogen (secondary N) is 3. The van der Waals surface area contributed by atoms with E-state index in [-0.39, 0.29) is 17.3 Å². The number of pyridine rings is 2. The summed E-state index contributed by atoms with van der Waals surface area (Å²) in [7, 11) is 0. The second-order valence-corrected chi connectivity index (χ2v) is 10.9. The first-order valence-electron chi connectivity index (χ1n) is 14.7.